The molecule has 1 saturated heterocycles. The van der Waals surface area contributed by atoms with Gasteiger partial charge in [0.15, 0.2) is 0 Å². The van der Waals surface area contributed by atoms with Crippen molar-refractivity contribution in [1.29, 1.82) is 0 Å². The number of hydrogen-bond acceptors (Lipinski definition) is 3. The molecule has 1 amide bonds. The lowest BCUT2D eigenvalue weighted by molar-refractivity contribution is 0.0729. The monoisotopic (exact) mass is 300 g/mol. The normalized spacial score (nSPS) is 19.4. The molecule has 1 aliphatic rings. The van der Waals surface area contributed by atoms with Gasteiger partial charge in [0.25, 0.3) is 5.91 Å². The molecule has 110 valence electrons. The summed E-state index contributed by atoms with van der Waals surface area (Å²) in [5, 5.41) is 4.93. The van der Waals surface area contributed by atoms with Crippen molar-refractivity contribution in [3.05, 3.63) is 29.6 Å². The molecule has 0 radical (unpaired) electrons. The Morgan fingerprint density at radius 3 is 2.75 bits per heavy atom. The molecule has 1 heterocycles. The van der Waals surface area contributed by atoms with E-state index in [2.05, 4.69) is 0 Å². The van der Waals surface area contributed by atoms with Crippen LogP contribution in [-0.4, -0.2) is 31.8 Å². The lowest BCUT2D eigenvalue weighted by Crippen LogP contribution is -2.35. The Morgan fingerprint density at radius 2 is 2.20 bits per heavy atom. The third-order valence-corrected chi connectivity index (χ3v) is 4.52. The van der Waals surface area contributed by atoms with E-state index in [9.17, 15) is 17.6 Å². The fourth-order valence-electron chi connectivity index (χ4n) is 2.53. The van der Waals surface area contributed by atoms with E-state index in [4.69, 9.17) is 5.14 Å². The van der Waals surface area contributed by atoms with E-state index < -0.39 is 21.7 Å². The molecule has 7 heteroatoms. The number of primary sulfonamides is 1. The second kappa shape index (κ2) is 5.49. The zero-order valence-corrected chi connectivity index (χ0v) is 12.0. The first-order valence-electron chi connectivity index (χ1n) is 6.48. The van der Waals surface area contributed by atoms with Gasteiger partial charge in [-0.15, -0.1) is 0 Å². The molecule has 0 saturated carbocycles. The Morgan fingerprint density at radius 1 is 1.50 bits per heavy atom. The SMILES string of the molecule is CCC1CCCN1C(=O)c1ccc(S(N)(=O)=O)cc1F. The summed E-state index contributed by atoms with van der Waals surface area (Å²) in [6.45, 7) is 2.59. The molecule has 1 unspecified atom stereocenters. The van der Waals surface area contributed by atoms with Crippen molar-refractivity contribution < 1.29 is 17.6 Å². The molecule has 0 spiro atoms. The first-order valence-corrected chi connectivity index (χ1v) is 8.02. The highest BCUT2D eigenvalue weighted by Gasteiger charge is 2.29. The molecule has 2 rings (SSSR count). The van der Waals surface area contributed by atoms with Crippen LogP contribution in [0.15, 0.2) is 23.1 Å². The second-order valence-corrected chi connectivity index (χ2v) is 6.45. The fourth-order valence-corrected chi connectivity index (χ4v) is 3.05. The summed E-state index contributed by atoms with van der Waals surface area (Å²) >= 11 is 0. The van der Waals surface area contributed by atoms with E-state index in [-0.39, 0.29) is 16.5 Å². The number of amides is 1. The summed E-state index contributed by atoms with van der Waals surface area (Å²) in [4.78, 5) is 13.6. The maximum Gasteiger partial charge on any atom is 0.257 e. The van der Waals surface area contributed by atoms with Crippen molar-refractivity contribution in [2.24, 2.45) is 5.14 Å². The lowest BCUT2D eigenvalue weighted by Gasteiger charge is -2.23. The van der Waals surface area contributed by atoms with Crippen LogP contribution in [0.1, 0.15) is 36.5 Å². The summed E-state index contributed by atoms with van der Waals surface area (Å²) in [6, 6.07) is 3.25. The molecular formula is C13H17FN2O3S. The average Bonchev–Trinajstić information content (AvgIpc) is 2.85. The minimum absolute atomic E-state index is 0.113. The summed E-state index contributed by atoms with van der Waals surface area (Å²) in [5.74, 6) is -1.25. The quantitative estimate of drug-likeness (QED) is 0.918. The Labute approximate surface area is 117 Å². The minimum atomic E-state index is -3.97. The van der Waals surface area contributed by atoms with Gasteiger partial charge < -0.3 is 4.90 Å². The molecular weight excluding hydrogens is 283 g/mol. The molecule has 1 aromatic rings. The number of likely N-dealkylation sites (tertiary alicyclic amines) is 1. The van der Waals surface area contributed by atoms with Gasteiger partial charge in [-0.1, -0.05) is 6.92 Å². The number of nitrogens with zero attached hydrogens (tertiary/aromatic N) is 1. The number of benzene rings is 1. The van der Waals surface area contributed by atoms with Crippen LogP contribution in [-0.2, 0) is 10.0 Å². The topological polar surface area (TPSA) is 80.5 Å². The van der Waals surface area contributed by atoms with Gasteiger partial charge in [-0.2, -0.15) is 0 Å². The van der Waals surface area contributed by atoms with E-state index in [1.807, 2.05) is 6.92 Å². The van der Waals surface area contributed by atoms with Crippen LogP contribution in [0.3, 0.4) is 0 Å². The average molecular weight is 300 g/mol. The Hall–Kier alpha value is -1.47. The largest absolute Gasteiger partial charge is 0.336 e. The number of sulfonamides is 1. The number of halogens is 1. The molecule has 0 bridgehead atoms. The van der Waals surface area contributed by atoms with Crippen LogP contribution >= 0.6 is 0 Å². The molecule has 1 atom stereocenters. The van der Waals surface area contributed by atoms with Crippen molar-refractivity contribution >= 4 is 15.9 Å². The van der Waals surface area contributed by atoms with Gasteiger partial charge in [-0.25, -0.2) is 17.9 Å². The predicted octanol–water partition coefficient (Wildman–Crippen LogP) is 1.49. The van der Waals surface area contributed by atoms with Crippen molar-refractivity contribution in [1.82, 2.24) is 4.90 Å². The highest BCUT2D eigenvalue weighted by Crippen LogP contribution is 2.24. The van der Waals surface area contributed by atoms with Gasteiger partial charge in [0.2, 0.25) is 10.0 Å². The van der Waals surface area contributed by atoms with Gasteiger partial charge in [0, 0.05) is 12.6 Å². The second-order valence-electron chi connectivity index (χ2n) is 4.89. The summed E-state index contributed by atoms with van der Waals surface area (Å²) in [7, 11) is -3.97. The fraction of sp³-hybridized carbons (Fsp3) is 0.462. The molecule has 0 aliphatic carbocycles. The summed E-state index contributed by atoms with van der Waals surface area (Å²) < 4.78 is 36.2. The number of carbonyl (C=O) groups excluding carboxylic acids is 1. The van der Waals surface area contributed by atoms with Gasteiger partial charge in [0.1, 0.15) is 5.82 Å². The van der Waals surface area contributed by atoms with Gasteiger partial charge in [0.05, 0.1) is 10.5 Å². The van der Waals surface area contributed by atoms with E-state index in [0.29, 0.717) is 6.54 Å². The van der Waals surface area contributed by atoms with Gasteiger partial charge in [-0.05, 0) is 37.5 Å². The van der Waals surface area contributed by atoms with Crippen LogP contribution in [0.5, 0.6) is 0 Å². The van der Waals surface area contributed by atoms with Crippen LogP contribution in [0.2, 0.25) is 0 Å². The highest BCUT2D eigenvalue weighted by atomic mass is 32.2. The molecule has 20 heavy (non-hydrogen) atoms. The molecule has 1 aliphatic heterocycles. The molecule has 0 aromatic heterocycles. The Kier molecular flexibility index (Phi) is 4.10. The standard InChI is InChI=1S/C13H17FN2O3S/c1-2-9-4-3-7-16(9)13(17)11-6-5-10(8-12(11)14)20(15,18)19/h5-6,8-9H,2-4,7H2,1H3,(H2,15,18,19). The first kappa shape index (κ1) is 14.9. The lowest BCUT2D eigenvalue weighted by atomic mass is 10.1. The number of nitrogens with two attached hydrogens (primary N) is 1. The van der Waals surface area contributed by atoms with E-state index >= 15 is 0 Å². The summed E-state index contributed by atoms with van der Waals surface area (Å²) in [6.07, 6.45) is 2.64. The third kappa shape index (κ3) is 2.83. The molecule has 1 aromatic carbocycles. The van der Waals surface area contributed by atoms with Crippen LogP contribution < -0.4 is 5.14 Å². The number of carbonyl (C=O) groups is 1. The predicted molar refractivity (Wildman–Crippen MR) is 72.1 cm³/mol. The Bertz CT molecular complexity index is 631. The van der Waals surface area contributed by atoms with Gasteiger partial charge in [-0.3, -0.25) is 4.79 Å². The number of hydrogen-bond donors (Lipinski definition) is 1. The summed E-state index contributed by atoms with van der Waals surface area (Å²) in [5.41, 5.74) is -0.113. The van der Waals surface area contributed by atoms with E-state index in [1.54, 1.807) is 4.90 Å². The molecule has 2 N–H and O–H groups in total. The molecule has 5 nitrogen and oxygen atoms in total. The van der Waals surface area contributed by atoms with E-state index in [1.165, 1.54) is 6.07 Å². The van der Waals surface area contributed by atoms with Crippen LogP contribution in [0, 0.1) is 5.82 Å². The smallest absolute Gasteiger partial charge is 0.257 e. The zero-order valence-electron chi connectivity index (χ0n) is 11.2. The first-order chi connectivity index (χ1) is 9.34. The van der Waals surface area contributed by atoms with Crippen molar-refractivity contribution in [2.75, 3.05) is 6.54 Å². The Balaban J connectivity index is 2.32. The van der Waals surface area contributed by atoms with E-state index in [0.717, 1.165) is 31.4 Å². The van der Waals surface area contributed by atoms with Gasteiger partial charge >= 0.3 is 0 Å². The van der Waals surface area contributed by atoms with Crippen LogP contribution in [0.4, 0.5) is 4.39 Å². The third-order valence-electron chi connectivity index (χ3n) is 3.61. The highest BCUT2D eigenvalue weighted by molar-refractivity contribution is 7.89. The van der Waals surface area contributed by atoms with Crippen molar-refractivity contribution in [3.8, 4) is 0 Å². The molecule has 1 fully saturated rings. The van der Waals surface area contributed by atoms with Crippen LogP contribution in [0.25, 0.3) is 0 Å². The maximum atomic E-state index is 13.9. The number of rotatable bonds is 3. The minimum Gasteiger partial charge on any atom is -0.336 e. The maximum absolute atomic E-state index is 13.9. The van der Waals surface area contributed by atoms with Crippen molar-refractivity contribution in [3.63, 3.8) is 0 Å². The zero-order chi connectivity index (χ0) is 14.9. The van der Waals surface area contributed by atoms with Crippen molar-refractivity contribution in [2.45, 2.75) is 37.1 Å².